The first-order valence-electron chi connectivity index (χ1n) is 1.23. The van der Waals surface area contributed by atoms with E-state index in [4.69, 9.17) is 10.1 Å². The Morgan fingerprint density at radius 3 is 1.00 bits per heavy atom. The molecule has 0 aromatic heterocycles. The molecule has 0 fully saturated rings. The van der Waals surface area contributed by atoms with Gasteiger partial charge in [0.05, 0.1) is 7.85 Å². The summed E-state index contributed by atoms with van der Waals surface area (Å²) < 4.78 is 0. The molecule has 0 saturated heterocycles. The minimum Gasteiger partial charge on any atom is -1.00 e. The van der Waals surface area contributed by atoms with E-state index in [9.17, 15) is 0 Å². The molecule has 7 heteroatoms. The minimum atomic E-state index is -0.0694. The van der Waals surface area contributed by atoms with E-state index in [0.717, 1.165) is 0 Å². The molecule has 0 spiro atoms. The molecule has 95 valence electrons. The average molecular weight is 258 g/mol. The Kier molecular flexibility index (Phi) is 3080. The third-order valence-corrected chi connectivity index (χ3v) is 0.0430. The standard InChI is InChI=1S/CH3B.CH2O3.7CH4.B.2Na.H/c1-2;2-1-4-3;;;;;;;;;;;/h1H3;1,3H;7*1H4;;;;/q;;;;;;;;;;2*+1;-1. The zero-order chi connectivity index (χ0) is 5.41. The van der Waals surface area contributed by atoms with Gasteiger partial charge < -0.3 is 6.31 Å². The second kappa shape index (κ2) is 316. The molecular weight excluding hydrogens is 224 g/mol. The number of carbonyl (C=O) groups is 1. The van der Waals surface area contributed by atoms with Gasteiger partial charge in [-0.3, -0.25) is 4.79 Å². The van der Waals surface area contributed by atoms with Crippen molar-refractivity contribution in [3.8, 4) is 0 Å². The van der Waals surface area contributed by atoms with Crippen LogP contribution in [0.25, 0.3) is 0 Å². The van der Waals surface area contributed by atoms with E-state index < -0.39 is 0 Å². The van der Waals surface area contributed by atoms with E-state index in [1.54, 1.807) is 0 Å². The van der Waals surface area contributed by atoms with Gasteiger partial charge in [-0.2, -0.15) is 0 Å². The molecule has 0 amide bonds. The molecule has 0 aliphatic carbocycles. The fraction of sp³-hybridized carbons (Fsp3) is 0.889. The van der Waals surface area contributed by atoms with Crippen molar-refractivity contribution in [3.05, 3.63) is 0 Å². The molecule has 1 N–H and O–H groups in total. The van der Waals surface area contributed by atoms with Crippen molar-refractivity contribution < 1.29 is 75.5 Å². The summed E-state index contributed by atoms with van der Waals surface area (Å²) in [6, 6.07) is 0. The summed E-state index contributed by atoms with van der Waals surface area (Å²) in [5, 5.41) is 7.01. The van der Waals surface area contributed by atoms with Gasteiger partial charge in [-0.25, -0.2) is 5.26 Å². The zero-order valence-electron chi connectivity index (χ0n) is 7.00. The second-order valence-electron chi connectivity index (χ2n) is 0.202. The average Bonchev–Trinajstić information content (AvgIpc) is 1.72. The van der Waals surface area contributed by atoms with Gasteiger partial charge in [-0.15, -0.1) is 0 Å². The Morgan fingerprint density at radius 2 is 1.00 bits per heavy atom. The van der Waals surface area contributed by atoms with Gasteiger partial charge >= 0.3 is 65.6 Å². The van der Waals surface area contributed by atoms with E-state index >= 15 is 0 Å². The van der Waals surface area contributed by atoms with Crippen LogP contribution in [0.15, 0.2) is 0 Å². The van der Waals surface area contributed by atoms with Gasteiger partial charge in [-0.1, -0.05) is 58.8 Å². The van der Waals surface area contributed by atoms with Crippen LogP contribution in [-0.2, 0) is 9.68 Å². The van der Waals surface area contributed by atoms with E-state index in [2.05, 4.69) is 12.7 Å². The molecule has 0 saturated carbocycles. The molecule has 16 heavy (non-hydrogen) atoms. The van der Waals surface area contributed by atoms with E-state index in [-0.39, 0.29) is 127 Å². The van der Waals surface area contributed by atoms with Crippen LogP contribution in [0, 0.1) is 0 Å². The maximum absolute atomic E-state index is 8.70. The van der Waals surface area contributed by atoms with Crippen molar-refractivity contribution in [2.45, 2.75) is 58.8 Å². The molecule has 5 radical (unpaired) electrons. The van der Waals surface area contributed by atoms with Gasteiger partial charge in [0, 0.05) is 8.41 Å². The molecule has 0 rings (SSSR count). The molecule has 0 aliphatic heterocycles. The van der Waals surface area contributed by atoms with Crippen LogP contribution in [0.3, 0.4) is 0 Å². The Labute approximate surface area is 155 Å². The summed E-state index contributed by atoms with van der Waals surface area (Å²) in [6.07, 6.45) is 0. The Morgan fingerprint density at radius 1 is 0.938 bits per heavy atom. The van der Waals surface area contributed by atoms with E-state index in [1.807, 2.05) is 0 Å². The summed E-state index contributed by atoms with van der Waals surface area (Å²) in [4.78, 5) is 11.6. The van der Waals surface area contributed by atoms with E-state index in [0.29, 0.717) is 0 Å². The normalized spacial score (nSPS) is 1.62. The molecule has 0 bridgehead atoms. The van der Waals surface area contributed by atoms with E-state index in [1.165, 1.54) is 6.82 Å². The molecule has 0 unspecified atom stereocenters. The third kappa shape index (κ3) is 503. The van der Waals surface area contributed by atoms with Crippen molar-refractivity contribution >= 4 is 22.7 Å². The minimum absolute atomic E-state index is 0. The SMILES string of the molecule is C.C.C.C.C.C.C.O=COO.[B].[B]C.[H-].[Na+].[Na+]. The zero-order valence-corrected chi connectivity index (χ0v) is 10.00. The number of carbonyl (C=O) groups excluding carboxylic acids is 1. The van der Waals surface area contributed by atoms with Crippen molar-refractivity contribution in [2.24, 2.45) is 0 Å². The summed E-state index contributed by atoms with van der Waals surface area (Å²) >= 11 is 0. The van der Waals surface area contributed by atoms with Crippen LogP contribution < -0.4 is 59.1 Å². The van der Waals surface area contributed by atoms with Crippen LogP contribution in [0.1, 0.15) is 53.4 Å². The molecule has 0 aromatic carbocycles. The molecule has 0 heterocycles. The Hall–Kier alpha value is 1.56. The predicted molar refractivity (Wildman–Crippen MR) is 75.4 cm³/mol. The van der Waals surface area contributed by atoms with Gasteiger partial charge in [0.15, 0.2) is 0 Å². The fourth-order valence-corrected chi connectivity index (χ4v) is 0. The smallest absolute Gasteiger partial charge is 1.00 e. The first-order valence-corrected chi connectivity index (χ1v) is 1.23. The third-order valence-electron chi connectivity index (χ3n) is 0.0430. The molecule has 0 atom stereocenters. The molecule has 0 aromatic rings. The van der Waals surface area contributed by atoms with Gasteiger partial charge in [0.25, 0.3) is 0 Å². The first kappa shape index (κ1) is 156. The maximum Gasteiger partial charge on any atom is 1.00 e. The van der Waals surface area contributed by atoms with Crippen molar-refractivity contribution in [3.63, 3.8) is 0 Å². The number of rotatable bonds is 1. The van der Waals surface area contributed by atoms with Crippen molar-refractivity contribution in [2.75, 3.05) is 0 Å². The largest absolute Gasteiger partial charge is 1.00 e. The summed E-state index contributed by atoms with van der Waals surface area (Å²) in [6.45, 7) is 1.43. The van der Waals surface area contributed by atoms with Crippen LogP contribution in [0.2, 0.25) is 6.82 Å². The molecule has 3 nitrogen and oxygen atoms in total. The van der Waals surface area contributed by atoms with Crippen LogP contribution in [0.4, 0.5) is 0 Å². The molecular formula is C9H34B2Na2O3+. The first-order chi connectivity index (χ1) is 2.91. The summed E-state index contributed by atoms with van der Waals surface area (Å²) in [5.41, 5.74) is 0. The van der Waals surface area contributed by atoms with Crippen LogP contribution >= 0.6 is 0 Å². The predicted octanol–water partition coefficient (Wildman–Crippen LogP) is -1.97. The fourth-order valence-electron chi connectivity index (χ4n) is 0. The Bertz CT molecular complexity index is 46.2. The van der Waals surface area contributed by atoms with Crippen molar-refractivity contribution in [1.29, 1.82) is 0 Å². The van der Waals surface area contributed by atoms with Crippen LogP contribution in [0.5, 0.6) is 0 Å². The van der Waals surface area contributed by atoms with Crippen molar-refractivity contribution in [1.82, 2.24) is 0 Å². The Balaban J connectivity index is -0.00000000108. The number of hydrogen-bond donors (Lipinski definition) is 1. The monoisotopic (exact) mass is 258 g/mol. The van der Waals surface area contributed by atoms with Gasteiger partial charge in [-0.05, 0) is 0 Å². The number of hydrogen-bond acceptors (Lipinski definition) is 3. The van der Waals surface area contributed by atoms with Crippen LogP contribution in [-0.4, -0.2) is 28.0 Å². The van der Waals surface area contributed by atoms with Gasteiger partial charge in [0.2, 0.25) is 0 Å². The topological polar surface area (TPSA) is 46.5 Å². The summed E-state index contributed by atoms with van der Waals surface area (Å²) in [5.74, 6) is 0. The second-order valence-corrected chi connectivity index (χ2v) is 0.202. The summed E-state index contributed by atoms with van der Waals surface area (Å²) in [7, 11) is 4.50. The molecule has 0 aliphatic rings. The maximum atomic E-state index is 8.70. The van der Waals surface area contributed by atoms with Gasteiger partial charge in [0.1, 0.15) is 0 Å². The quantitative estimate of drug-likeness (QED) is 0.257.